The fourth-order valence-corrected chi connectivity index (χ4v) is 1.68. The second-order valence-corrected chi connectivity index (χ2v) is 3.93. The normalized spacial score (nSPS) is 12.8. The molecule has 0 rings (SSSR count). The summed E-state index contributed by atoms with van der Waals surface area (Å²) < 4.78 is 4.92. The lowest BCUT2D eigenvalue weighted by Gasteiger charge is -2.07. The summed E-state index contributed by atoms with van der Waals surface area (Å²) in [6.45, 7) is 2.80. The van der Waals surface area contributed by atoms with Crippen molar-refractivity contribution in [2.45, 2.75) is 13.3 Å². The Hall–Kier alpha value is -0.220. The van der Waals surface area contributed by atoms with E-state index < -0.39 is 0 Å². The first-order valence-corrected chi connectivity index (χ1v) is 5.24. The first-order valence-electron chi connectivity index (χ1n) is 4.09. The molecule has 0 fully saturated rings. The van der Waals surface area contributed by atoms with Crippen molar-refractivity contribution < 1.29 is 4.74 Å². The van der Waals surface area contributed by atoms with Crippen LogP contribution in [0, 0.1) is 11.3 Å². The van der Waals surface area contributed by atoms with Gasteiger partial charge in [0.1, 0.15) is 0 Å². The molecule has 72 valence electrons. The van der Waals surface area contributed by atoms with Gasteiger partial charge in [0.15, 0.2) is 0 Å². The van der Waals surface area contributed by atoms with Crippen LogP contribution in [0.15, 0.2) is 0 Å². The predicted octanol–water partition coefficient (Wildman–Crippen LogP) is 1.33. The van der Waals surface area contributed by atoms with Crippen LogP contribution in [0.4, 0.5) is 0 Å². The number of hydrogen-bond acceptors (Lipinski definition) is 3. The highest BCUT2D eigenvalue weighted by molar-refractivity contribution is 7.99. The smallest absolute Gasteiger partial charge is 0.0942 e. The maximum atomic E-state index is 7.16. The Morgan fingerprint density at radius 2 is 2.33 bits per heavy atom. The summed E-state index contributed by atoms with van der Waals surface area (Å²) in [4.78, 5) is 0. The number of amidine groups is 1. The van der Waals surface area contributed by atoms with Gasteiger partial charge in [0.2, 0.25) is 0 Å². The summed E-state index contributed by atoms with van der Waals surface area (Å²) >= 11 is 1.83. The number of nitrogens with two attached hydrogens (primary N) is 1. The number of hydrogen-bond donors (Lipinski definition) is 2. The van der Waals surface area contributed by atoms with E-state index in [0.29, 0.717) is 0 Å². The lowest BCUT2D eigenvalue weighted by atomic mass is 10.2. The van der Waals surface area contributed by atoms with Gasteiger partial charge >= 0.3 is 0 Å². The molecule has 0 spiro atoms. The fraction of sp³-hybridized carbons (Fsp3) is 0.875. The zero-order chi connectivity index (χ0) is 9.40. The van der Waals surface area contributed by atoms with E-state index in [0.717, 1.165) is 24.5 Å². The molecule has 0 aromatic rings. The van der Waals surface area contributed by atoms with Gasteiger partial charge in [-0.05, 0) is 12.2 Å². The van der Waals surface area contributed by atoms with E-state index >= 15 is 0 Å². The highest BCUT2D eigenvalue weighted by atomic mass is 32.2. The van der Waals surface area contributed by atoms with Crippen molar-refractivity contribution in [3.8, 4) is 0 Å². The minimum absolute atomic E-state index is 0.206. The van der Waals surface area contributed by atoms with Crippen LogP contribution in [0.25, 0.3) is 0 Å². The summed E-state index contributed by atoms with van der Waals surface area (Å²) in [5.41, 5.74) is 5.32. The molecule has 4 heteroatoms. The number of methoxy groups -OCH3 is 1. The summed E-state index contributed by atoms with van der Waals surface area (Å²) in [5, 5.41) is 7.16. The molecular weight excluding hydrogens is 172 g/mol. The van der Waals surface area contributed by atoms with Crippen molar-refractivity contribution in [1.29, 1.82) is 5.41 Å². The van der Waals surface area contributed by atoms with Crippen LogP contribution in [-0.4, -0.2) is 31.1 Å². The van der Waals surface area contributed by atoms with Crippen LogP contribution in [-0.2, 0) is 4.74 Å². The molecule has 0 heterocycles. The average Bonchev–Trinajstić information content (AvgIpc) is 2.03. The third kappa shape index (κ3) is 6.49. The van der Waals surface area contributed by atoms with E-state index in [9.17, 15) is 0 Å². The maximum absolute atomic E-state index is 7.16. The minimum Gasteiger partial charge on any atom is -0.387 e. The Kier molecular flexibility index (Phi) is 7.29. The Morgan fingerprint density at radius 3 is 2.83 bits per heavy atom. The number of thioether (sulfide) groups is 1. The molecule has 1 unspecified atom stereocenters. The average molecular weight is 190 g/mol. The molecule has 0 saturated carbocycles. The monoisotopic (exact) mass is 190 g/mol. The Morgan fingerprint density at radius 1 is 1.67 bits per heavy atom. The molecule has 0 radical (unpaired) electrons. The number of nitrogens with one attached hydrogen (secondary N) is 1. The molecule has 1 atom stereocenters. The van der Waals surface area contributed by atoms with Crippen molar-refractivity contribution in [2.24, 2.45) is 11.7 Å². The van der Waals surface area contributed by atoms with Gasteiger partial charge < -0.3 is 10.5 Å². The molecule has 0 aliphatic heterocycles. The SMILES string of the molecule is COCCCSCC(C)C(=N)N. The quantitative estimate of drug-likeness (QED) is 0.362. The van der Waals surface area contributed by atoms with E-state index in [4.69, 9.17) is 15.9 Å². The van der Waals surface area contributed by atoms with Crippen LogP contribution < -0.4 is 5.73 Å². The first-order chi connectivity index (χ1) is 5.68. The standard InChI is InChI=1S/C8H18N2OS/c1-7(8(9)10)6-12-5-3-4-11-2/h7H,3-6H2,1-2H3,(H3,9,10). The maximum Gasteiger partial charge on any atom is 0.0942 e. The third-order valence-corrected chi connectivity index (χ3v) is 2.85. The van der Waals surface area contributed by atoms with Crippen LogP contribution in [0.3, 0.4) is 0 Å². The van der Waals surface area contributed by atoms with Crippen LogP contribution in [0.1, 0.15) is 13.3 Å². The van der Waals surface area contributed by atoms with E-state index in [2.05, 4.69) is 0 Å². The van der Waals surface area contributed by atoms with Gasteiger partial charge in [-0.1, -0.05) is 6.92 Å². The molecule has 12 heavy (non-hydrogen) atoms. The third-order valence-electron chi connectivity index (χ3n) is 1.54. The van der Waals surface area contributed by atoms with Gasteiger partial charge in [0.25, 0.3) is 0 Å². The Balaban J connectivity index is 3.14. The van der Waals surface area contributed by atoms with Crippen LogP contribution >= 0.6 is 11.8 Å². The van der Waals surface area contributed by atoms with Crippen LogP contribution in [0.2, 0.25) is 0 Å². The van der Waals surface area contributed by atoms with Crippen molar-refractivity contribution in [3.63, 3.8) is 0 Å². The molecule has 0 aromatic carbocycles. The lowest BCUT2D eigenvalue weighted by Crippen LogP contribution is -2.21. The zero-order valence-corrected chi connectivity index (χ0v) is 8.62. The van der Waals surface area contributed by atoms with Gasteiger partial charge in [-0.15, -0.1) is 0 Å². The van der Waals surface area contributed by atoms with Gasteiger partial charge in [-0.3, -0.25) is 5.41 Å². The topological polar surface area (TPSA) is 59.1 Å². The molecule has 0 aliphatic rings. The van der Waals surface area contributed by atoms with Gasteiger partial charge in [-0.2, -0.15) is 11.8 Å². The van der Waals surface area contributed by atoms with Crippen LogP contribution in [0.5, 0.6) is 0 Å². The highest BCUT2D eigenvalue weighted by Crippen LogP contribution is 2.08. The predicted molar refractivity (Wildman–Crippen MR) is 54.9 cm³/mol. The molecular formula is C8H18N2OS. The Labute approximate surface area is 78.6 Å². The molecule has 0 aromatic heterocycles. The van der Waals surface area contributed by atoms with E-state index in [1.165, 1.54) is 0 Å². The molecule has 3 N–H and O–H groups in total. The van der Waals surface area contributed by atoms with Crippen molar-refractivity contribution in [1.82, 2.24) is 0 Å². The van der Waals surface area contributed by atoms with Gasteiger partial charge in [0.05, 0.1) is 5.84 Å². The Bertz CT molecular complexity index is 130. The second-order valence-electron chi connectivity index (χ2n) is 2.78. The summed E-state index contributed by atoms with van der Waals surface area (Å²) in [7, 11) is 1.71. The van der Waals surface area contributed by atoms with Crippen molar-refractivity contribution in [3.05, 3.63) is 0 Å². The van der Waals surface area contributed by atoms with E-state index in [1.807, 2.05) is 18.7 Å². The summed E-state index contributed by atoms with van der Waals surface area (Å²) in [5.74, 6) is 2.52. The summed E-state index contributed by atoms with van der Waals surface area (Å²) in [6.07, 6.45) is 1.08. The second kappa shape index (κ2) is 7.43. The molecule has 3 nitrogen and oxygen atoms in total. The minimum atomic E-state index is 0.206. The molecule has 0 saturated heterocycles. The first kappa shape index (κ1) is 11.8. The molecule has 0 bridgehead atoms. The van der Waals surface area contributed by atoms with Crippen molar-refractivity contribution in [2.75, 3.05) is 25.2 Å². The van der Waals surface area contributed by atoms with Crippen molar-refractivity contribution >= 4 is 17.6 Å². The van der Waals surface area contributed by atoms with Gasteiger partial charge in [-0.25, -0.2) is 0 Å². The van der Waals surface area contributed by atoms with Gasteiger partial charge in [0, 0.05) is 25.4 Å². The summed E-state index contributed by atoms with van der Waals surface area (Å²) in [6, 6.07) is 0. The van der Waals surface area contributed by atoms with E-state index in [1.54, 1.807) is 7.11 Å². The molecule has 0 aliphatic carbocycles. The number of ether oxygens (including phenoxy) is 1. The highest BCUT2D eigenvalue weighted by Gasteiger charge is 2.03. The molecule has 0 amide bonds. The lowest BCUT2D eigenvalue weighted by molar-refractivity contribution is 0.200. The zero-order valence-electron chi connectivity index (χ0n) is 7.80. The largest absolute Gasteiger partial charge is 0.387 e. The number of rotatable bonds is 7. The van der Waals surface area contributed by atoms with E-state index in [-0.39, 0.29) is 11.8 Å². The fourth-order valence-electron chi connectivity index (χ4n) is 0.655.